The lowest BCUT2D eigenvalue weighted by Crippen LogP contribution is -2.26. The van der Waals surface area contributed by atoms with E-state index in [-0.39, 0.29) is 10.8 Å². The molecule has 0 bridgehead atoms. The predicted octanol–water partition coefficient (Wildman–Crippen LogP) is 10.6. The highest BCUT2D eigenvalue weighted by molar-refractivity contribution is 6.32. The highest BCUT2D eigenvalue weighted by atomic mass is 35.5. The summed E-state index contributed by atoms with van der Waals surface area (Å²) >= 11 is 7.18. The van der Waals surface area contributed by atoms with Gasteiger partial charge in [0.1, 0.15) is 11.5 Å². The van der Waals surface area contributed by atoms with E-state index in [1.54, 1.807) is 14.2 Å². The number of allylic oxidation sites excluding steroid dienone is 10. The van der Waals surface area contributed by atoms with Crippen LogP contribution in [0.5, 0.6) is 11.5 Å². The Morgan fingerprint density at radius 1 is 0.837 bits per heavy atom. The number of nitrogens with zero attached hydrogens (tertiary/aromatic N) is 1. The van der Waals surface area contributed by atoms with Crippen LogP contribution in [0.3, 0.4) is 0 Å². The van der Waals surface area contributed by atoms with Crippen LogP contribution in [0.1, 0.15) is 95.0 Å². The highest BCUT2D eigenvalue weighted by Gasteiger charge is 2.41. The second-order valence-electron chi connectivity index (χ2n) is 13.2. The average Bonchev–Trinajstić information content (AvgIpc) is 3.34. The molecule has 0 amide bonds. The number of likely N-dealkylation sites (N-methyl/N-ethyl adjacent to an activating group) is 1. The van der Waals surface area contributed by atoms with Gasteiger partial charge in [-0.15, -0.1) is 0 Å². The maximum atomic E-state index is 7.18. The zero-order valence-corrected chi connectivity index (χ0v) is 28.6. The van der Waals surface area contributed by atoms with E-state index >= 15 is 0 Å². The van der Waals surface area contributed by atoms with Crippen molar-refractivity contribution in [2.75, 3.05) is 25.7 Å². The van der Waals surface area contributed by atoms with Gasteiger partial charge in [0.15, 0.2) is 0 Å². The minimum absolute atomic E-state index is 0.102. The molecular weight excluding hydrogens is 550 g/mol. The highest BCUT2D eigenvalue weighted by Crippen LogP contribution is 2.52. The Bertz CT molecular complexity index is 1610. The molecule has 3 aliphatic rings. The van der Waals surface area contributed by atoms with Crippen LogP contribution in [-0.4, -0.2) is 20.8 Å². The van der Waals surface area contributed by atoms with Gasteiger partial charge in [-0.25, -0.2) is 0 Å². The van der Waals surface area contributed by atoms with Gasteiger partial charge in [-0.1, -0.05) is 64.4 Å². The molecule has 1 aliphatic heterocycles. The van der Waals surface area contributed by atoms with Gasteiger partial charge in [-0.2, -0.15) is 0 Å². The normalized spacial score (nSPS) is 21.0. The summed E-state index contributed by atoms with van der Waals surface area (Å²) in [4.78, 5) is 2.46. The van der Waals surface area contributed by atoms with Crippen LogP contribution in [0.2, 0.25) is 0 Å². The maximum absolute atomic E-state index is 7.18. The molecule has 3 nitrogen and oxygen atoms in total. The van der Waals surface area contributed by atoms with Gasteiger partial charge in [-0.3, -0.25) is 0 Å². The monoisotopic (exact) mass is 597 g/mol. The Morgan fingerprint density at radius 3 is 2.12 bits per heavy atom. The molecule has 2 aliphatic carbocycles. The number of benzene rings is 2. The molecule has 2 aromatic carbocycles. The van der Waals surface area contributed by atoms with Crippen molar-refractivity contribution in [2.24, 2.45) is 0 Å². The van der Waals surface area contributed by atoms with E-state index in [1.165, 1.54) is 61.5 Å². The number of anilines is 1. The fourth-order valence-electron chi connectivity index (χ4n) is 7.59. The molecule has 0 radical (unpaired) electrons. The number of methoxy groups -OCH3 is 2. The van der Waals surface area contributed by atoms with Gasteiger partial charge in [-0.05, 0) is 127 Å². The number of ether oxygens (including phenoxy) is 2. The molecule has 0 saturated carbocycles. The molecule has 0 fully saturated rings. The number of halogens is 1. The first kappa shape index (κ1) is 31.3. The van der Waals surface area contributed by atoms with Crippen LogP contribution >= 0.6 is 11.6 Å². The summed E-state index contributed by atoms with van der Waals surface area (Å²) in [5.41, 5.74) is 14.2. The molecule has 0 atom stereocenters. The molecule has 228 valence electrons. The van der Waals surface area contributed by atoms with Crippen molar-refractivity contribution in [1.82, 2.24) is 0 Å². The number of hydrogen-bond donors (Lipinski definition) is 0. The van der Waals surface area contributed by atoms with Crippen molar-refractivity contribution in [2.45, 2.75) is 91.9 Å². The Hall–Kier alpha value is -3.17. The third-order valence-electron chi connectivity index (χ3n) is 9.92. The SMILES string of the molecule is CCC1=C(/C=C/C2=C(Cl)C(=C/C=C3\N(CC)c4c(C)cc(OC)cc4C3(C)C)CCC2)C(C)(C)c2cc(OC)cc(C)c21. The molecular formula is C39H48ClNO2. The lowest BCUT2D eigenvalue weighted by atomic mass is 9.80. The zero-order valence-electron chi connectivity index (χ0n) is 27.8. The van der Waals surface area contributed by atoms with E-state index in [1.807, 2.05) is 0 Å². The molecule has 0 N–H and O–H groups in total. The molecule has 0 spiro atoms. The Kier molecular flexibility index (Phi) is 8.53. The summed E-state index contributed by atoms with van der Waals surface area (Å²) in [5.74, 6) is 1.84. The largest absolute Gasteiger partial charge is 0.497 e. The fraction of sp³-hybridized carbons (Fsp3) is 0.436. The van der Waals surface area contributed by atoms with Crippen molar-refractivity contribution in [3.8, 4) is 11.5 Å². The summed E-state index contributed by atoms with van der Waals surface area (Å²) in [6, 6.07) is 8.72. The van der Waals surface area contributed by atoms with Gasteiger partial charge in [0.05, 0.1) is 14.2 Å². The fourth-order valence-corrected chi connectivity index (χ4v) is 7.91. The van der Waals surface area contributed by atoms with Gasteiger partial charge in [0.2, 0.25) is 0 Å². The molecule has 0 saturated heterocycles. The topological polar surface area (TPSA) is 21.7 Å². The lowest BCUT2D eigenvalue weighted by molar-refractivity contribution is 0.413. The molecule has 0 unspecified atom stereocenters. The first-order chi connectivity index (χ1) is 20.4. The van der Waals surface area contributed by atoms with Crippen LogP contribution in [-0.2, 0) is 10.8 Å². The number of aryl methyl sites for hydroxylation is 2. The van der Waals surface area contributed by atoms with E-state index in [0.717, 1.165) is 48.8 Å². The van der Waals surface area contributed by atoms with Crippen LogP contribution < -0.4 is 14.4 Å². The smallest absolute Gasteiger partial charge is 0.119 e. The molecule has 2 aromatic rings. The first-order valence-electron chi connectivity index (χ1n) is 15.8. The third-order valence-corrected chi connectivity index (χ3v) is 10.4. The van der Waals surface area contributed by atoms with Gasteiger partial charge >= 0.3 is 0 Å². The van der Waals surface area contributed by atoms with E-state index in [0.29, 0.717) is 0 Å². The van der Waals surface area contributed by atoms with Crippen LogP contribution in [0.4, 0.5) is 5.69 Å². The van der Waals surface area contributed by atoms with E-state index in [2.05, 4.69) is 109 Å². The number of fused-ring (bicyclic) bond motifs is 2. The summed E-state index contributed by atoms with van der Waals surface area (Å²) in [5, 5.41) is 0.901. The van der Waals surface area contributed by atoms with Crippen LogP contribution in [0, 0.1) is 13.8 Å². The molecule has 1 heterocycles. The second-order valence-corrected chi connectivity index (χ2v) is 13.6. The Labute approximate surface area is 264 Å². The van der Waals surface area contributed by atoms with Crippen LogP contribution in [0.25, 0.3) is 5.57 Å². The average molecular weight is 598 g/mol. The van der Waals surface area contributed by atoms with Crippen molar-refractivity contribution in [3.63, 3.8) is 0 Å². The quantitative estimate of drug-likeness (QED) is 0.317. The number of rotatable bonds is 7. The minimum Gasteiger partial charge on any atom is -0.497 e. The molecule has 43 heavy (non-hydrogen) atoms. The third kappa shape index (κ3) is 5.18. The van der Waals surface area contributed by atoms with E-state index in [4.69, 9.17) is 21.1 Å². The van der Waals surface area contributed by atoms with Crippen molar-refractivity contribution in [3.05, 3.63) is 104 Å². The summed E-state index contributed by atoms with van der Waals surface area (Å²) in [7, 11) is 3.50. The summed E-state index contributed by atoms with van der Waals surface area (Å²) in [6.07, 6.45) is 13.3. The zero-order chi connectivity index (χ0) is 31.3. The van der Waals surface area contributed by atoms with Crippen molar-refractivity contribution in [1.29, 1.82) is 0 Å². The summed E-state index contributed by atoms with van der Waals surface area (Å²) < 4.78 is 11.3. The van der Waals surface area contributed by atoms with Gasteiger partial charge in [0.25, 0.3) is 0 Å². The van der Waals surface area contributed by atoms with E-state index in [9.17, 15) is 0 Å². The van der Waals surface area contributed by atoms with Crippen LogP contribution in [0.15, 0.2) is 76.0 Å². The lowest BCUT2D eigenvalue weighted by Gasteiger charge is -2.26. The molecule has 0 aromatic heterocycles. The second kappa shape index (κ2) is 11.7. The predicted molar refractivity (Wildman–Crippen MR) is 184 cm³/mol. The van der Waals surface area contributed by atoms with Gasteiger partial charge < -0.3 is 14.4 Å². The Balaban J connectivity index is 1.51. The molecule has 4 heteroatoms. The van der Waals surface area contributed by atoms with Crippen molar-refractivity contribution >= 4 is 22.9 Å². The summed E-state index contributed by atoms with van der Waals surface area (Å²) in [6.45, 7) is 19.1. The van der Waals surface area contributed by atoms with E-state index < -0.39 is 0 Å². The minimum atomic E-state index is -0.137. The molecule has 5 rings (SSSR count). The Morgan fingerprint density at radius 2 is 1.49 bits per heavy atom. The van der Waals surface area contributed by atoms with Gasteiger partial charge in [0, 0.05) is 33.8 Å². The maximum Gasteiger partial charge on any atom is 0.119 e. The number of hydrogen-bond acceptors (Lipinski definition) is 3. The first-order valence-corrected chi connectivity index (χ1v) is 16.2. The van der Waals surface area contributed by atoms with Crippen molar-refractivity contribution < 1.29 is 9.47 Å². The standard InChI is InChI=1S/C39H48ClNO2/c1-11-30-31(38(5,6)32-22-28(42-9)20-24(3)35(30)32)18-16-26-14-13-15-27(36(26)40)17-19-34-39(7,8)33-23-29(43-10)21-25(4)37(33)41(34)12-2/h16-23H,11-15H2,1-10H3/b18-16+,27-17?,34-19-.